The molecule has 0 radical (unpaired) electrons. The number of esters is 2. The number of aliphatic hydroxyl groups is 1. The molecule has 49 heavy (non-hydrogen) atoms. The Bertz CT molecular complexity index is 1780. The van der Waals surface area contributed by atoms with E-state index in [1.807, 2.05) is 13.8 Å². The van der Waals surface area contributed by atoms with E-state index in [4.69, 9.17) is 14.6 Å². The van der Waals surface area contributed by atoms with Crippen LogP contribution in [0.15, 0.2) is 24.3 Å². The molecule has 0 amide bonds. The fourth-order valence-electron chi connectivity index (χ4n) is 5.63. The van der Waals surface area contributed by atoms with Crippen LogP contribution in [0.5, 0.6) is 5.75 Å². The van der Waals surface area contributed by atoms with Gasteiger partial charge in [0.1, 0.15) is 5.75 Å². The van der Waals surface area contributed by atoms with Gasteiger partial charge in [-0.15, -0.1) is 16.7 Å². The quantitative estimate of drug-likeness (QED) is 0.0844. The van der Waals surface area contributed by atoms with Gasteiger partial charge in [-0.25, -0.2) is 9.59 Å². The summed E-state index contributed by atoms with van der Waals surface area (Å²) in [7, 11) is 0. The summed E-state index contributed by atoms with van der Waals surface area (Å²) < 4.78 is 15.2. The van der Waals surface area contributed by atoms with Gasteiger partial charge >= 0.3 is 11.9 Å². The first-order valence-corrected chi connectivity index (χ1v) is 15.9. The topological polar surface area (TPSA) is 82.1 Å². The number of hydrogen-bond acceptors (Lipinski definition) is 6. The average molecular weight is 836 g/mol. The minimum atomic E-state index is -0.578. The van der Waals surface area contributed by atoms with E-state index in [0.29, 0.717) is 11.1 Å². The van der Waals surface area contributed by atoms with E-state index in [1.165, 1.54) is 62.6 Å². The van der Waals surface area contributed by atoms with Gasteiger partial charge in [0.05, 0.1) is 0 Å². The van der Waals surface area contributed by atoms with Crippen LogP contribution in [0.25, 0.3) is 11.1 Å². The fraction of sp³-hybridized carbons (Fsp3) is 0.381. The van der Waals surface area contributed by atoms with Crippen molar-refractivity contribution in [3.63, 3.8) is 0 Å². The van der Waals surface area contributed by atoms with E-state index in [-0.39, 0.29) is 27.9 Å². The van der Waals surface area contributed by atoms with Crippen LogP contribution in [0.3, 0.4) is 0 Å². The molecular weight excluding hydrogens is 784 g/mol. The van der Waals surface area contributed by atoms with Gasteiger partial charge in [-0.3, -0.25) is 0 Å². The van der Waals surface area contributed by atoms with Gasteiger partial charge in [0.15, 0.2) is 6.79 Å². The predicted molar refractivity (Wildman–Crippen MR) is 194 cm³/mol. The summed E-state index contributed by atoms with van der Waals surface area (Å²) in [5, 5.41) is 8.00. The number of benzene rings is 3. The Kier molecular flexibility index (Phi) is 16.0. The van der Waals surface area contributed by atoms with Crippen molar-refractivity contribution in [2.24, 2.45) is 0 Å². The summed E-state index contributed by atoms with van der Waals surface area (Å²) >= 11 is 0. The molecule has 0 saturated carbocycles. The van der Waals surface area contributed by atoms with Crippen molar-refractivity contribution in [3.8, 4) is 28.7 Å². The second kappa shape index (κ2) is 18.2. The number of aliphatic hydroxyl groups excluding tert-OH is 1. The summed E-state index contributed by atoms with van der Waals surface area (Å²) in [4.78, 5) is 22.0. The molecule has 7 heteroatoms. The zero-order valence-electron chi connectivity index (χ0n) is 31.7. The molecule has 0 fully saturated rings. The molecule has 0 aliphatic carbocycles. The van der Waals surface area contributed by atoms with Crippen LogP contribution >= 0.6 is 0 Å². The molecule has 1 N–H and O–H groups in total. The van der Waals surface area contributed by atoms with Crippen molar-refractivity contribution in [2.45, 2.75) is 96.9 Å². The summed E-state index contributed by atoms with van der Waals surface area (Å²) in [6.45, 7) is 35.0. The maximum Gasteiger partial charge on any atom is 0.335 e. The monoisotopic (exact) mass is 835 g/mol. The molecule has 262 valence electrons. The standard InChI is InChI=1S/C37H43O3.C5H8O3.W/c1-19(2)37(38)40-18-39-36-30(13)26(9)33(27(10)31(36)14)16-15-32-24(7)28(11)35(29(12)25(32)8)34-22(5)20(3)17-21(4)23(34)6;1-4(2)5(7)8-3-6;/h1,18H2,2-14H3;6H,1,3H2,2H3;/q-1;;. The van der Waals surface area contributed by atoms with Gasteiger partial charge in [0.2, 0.25) is 6.79 Å². The van der Waals surface area contributed by atoms with Crippen molar-refractivity contribution in [1.29, 1.82) is 0 Å². The van der Waals surface area contributed by atoms with Gasteiger partial charge in [-0.1, -0.05) is 52.7 Å². The zero-order valence-corrected chi connectivity index (χ0v) is 34.7. The molecule has 0 unspecified atom stereocenters. The Morgan fingerprint density at radius 2 is 0.939 bits per heavy atom. The van der Waals surface area contributed by atoms with Gasteiger partial charge in [-0.2, -0.15) is 17.2 Å². The second-order valence-corrected chi connectivity index (χ2v) is 12.5. The number of hydrogen-bond donors (Lipinski definition) is 1. The van der Waals surface area contributed by atoms with Crippen LogP contribution in [0.2, 0.25) is 0 Å². The normalized spacial score (nSPS) is 10.1. The van der Waals surface area contributed by atoms with E-state index < -0.39 is 18.7 Å². The number of carbonyl (C=O) groups excluding carboxylic acids is 2. The SMILES string of the molecule is C=C(C)C(=O)OCO.C=C(C)C(=O)OCOc1c(C)c(C)c(C#Cc2c(C)c(C)c(-c3c(C)c(C)[c-]c(C)c3C)c(C)c2C)c(C)c1C.[W]. The molecular formula is C42H51O6W-. The van der Waals surface area contributed by atoms with Crippen molar-refractivity contribution < 1.29 is 50.0 Å². The van der Waals surface area contributed by atoms with Crippen LogP contribution in [0, 0.1) is 101 Å². The van der Waals surface area contributed by atoms with Crippen molar-refractivity contribution in [1.82, 2.24) is 0 Å². The van der Waals surface area contributed by atoms with Gasteiger partial charge in [-0.05, 0) is 119 Å². The molecule has 3 aromatic carbocycles. The van der Waals surface area contributed by atoms with Crippen molar-refractivity contribution in [3.05, 3.63) is 108 Å². The summed E-state index contributed by atoms with van der Waals surface area (Å²) in [5.41, 5.74) is 19.5. The van der Waals surface area contributed by atoms with Crippen molar-refractivity contribution >= 4 is 11.9 Å². The molecule has 6 nitrogen and oxygen atoms in total. The first kappa shape index (κ1) is 43.1. The molecule has 0 heterocycles. The first-order valence-electron chi connectivity index (χ1n) is 15.9. The van der Waals surface area contributed by atoms with Gasteiger partial charge in [0.25, 0.3) is 0 Å². The average Bonchev–Trinajstić information content (AvgIpc) is 3.02. The molecule has 0 aliphatic heterocycles. The summed E-state index contributed by atoms with van der Waals surface area (Å²) in [6.07, 6.45) is 0. The van der Waals surface area contributed by atoms with Gasteiger partial charge < -0.3 is 19.3 Å². The van der Waals surface area contributed by atoms with E-state index in [0.717, 1.165) is 39.1 Å². The minimum Gasteiger partial charge on any atom is -0.457 e. The Balaban J connectivity index is 0.00000119. The Hall–Kier alpha value is -3.91. The molecule has 0 saturated heterocycles. The minimum absolute atomic E-state index is 0. The largest absolute Gasteiger partial charge is 0.457 e. The molecule has 3 aromatic rings. The van der Waals surface area contributed by atoms with Crippen LogP contribution in [-0.2, 0) is 40.1 Å². The maximum atomic E-state index is 11.8. The van der Waals surface area contributed by atoms with Gasteiger partial charge in [0, 0.05) is 43.3 Å². The third kappa shape index (κ3) is 9.62. The van der Waals surface area contributed by atoms with E-state index in [2.05, 4.69) is 105 Å². The molecule has 0 atom stereocenters. The number of carbonyl (C=O) groups is 2. The predicted octanol–water partition coefficient (Wildman–Crippen LogP) is 8.76. The Morgan fingerprint density at radius 1 is 0.592 bits per heavy atom. The third-order valence-corrected chi connectivity index (χ3v) is 9.28. The molecule has 0 aliphatic rings. The molecule has 3 rings (SSSR count). The molecule has 0 spiro atoms. The third-order valence-electron chi connectivity index (χ3n) is 9.28. The van der Waals surface area contributed by atoms with E-state index in [1.54, 1.807) is 6.92 Å². The Labute approximate surface area is 308 Å². The smallest absolute Gasteiger partial charge is 0.335 e. The fourth-order valence-corrected chi connectivity index (χ4v) is 5.63. The summed E-state index contributed by atoms with van der Waals surface area (Å²) in [5.74, 6) is 6.79. The first-order chi connectivity index (χ1) is 22.3. The van der Waals surface area contributed by atoms with Crippen LogP contribution < -0.4 is 4.74 Å². The van der Waals surface area contributed by atoms with Crippen LogP contribution in [-0.4, -0.2) is 30.6 Å². The van der Waals surface area contributed by atoms with E-state index in [9.17, 15) is 9.59 Å². The zero-order chi connectivity index (χ0) is 36.8. The number of ether oxygens (including phenoxy) is 3. The number of rotatable bonds is 7. The molecule has 0 bridgehead atoms. The van der Waals surface area contributed by atoms with E-state index >= 15 is 0 Å². The molecule has 0 aromatic heterocycles. The second-order valence-electron chi connectivity index (χ2n) is 12.5. The van der Waals surface area contributed by atoms with Crippen LogP contribution in [0.1, 0.15) is 91.7 Å². The number of aryl methyl sites for hydroxylation is 2. The van der Waals surface area contributed by atoms with Crippen LogP contribution in [0.4, 0.5) is 0 Å². The van der Waals surface area contributed by atoms with Crippen molar-refractivity contribution in [2.75, 3.05) is 13.6 Å². The Morgan fingerprint density at radius 3 is 1.29 bits per heavy atom. The maximum absolute atomic E-state index is 11.8. The summed E-state index contributed by atoms with van der Waals surface area (Å²) in [6, 6.07) is 3.52.